The molecule has 2 rings (SSSR count). The topological polar surface area (TPSA) is 60.2 Å². The molecular weight excluding hydrogens is 242 g/mol. The Hall–Kier alpha value is -1.88. The van der Waals surface area contributed by atoms with Crippen LogP contribution in [0.1, 0.15) is 24.8 Å². The Labute approximate surface area is 113 Å². The summed E-state index contributed by atoms with van der Waals surface area (Å²) in [5, 5.41) is 6.90. The molecule has 5 heteroatoms. The number of nitrogens with one attached hydrogen (secondary N) is 1. The van der Waals surface area contributed by atoms with Crippen molar-refractivity contribution in [3.8, 4) is 5.75 Å². The van der Waals surface area contributed by atoms with E-state index in [0.29, 0.717) is 5.89 Å². The molecule has 0 unspecified atom stereocenters. The smallest absolute Gasteiger partial charge is 0.227 e. The molecule has 1 aromatic heterocycles. The molecule has 0 saturated carbocycles. The van der Waals surface area contributed by atoms with E-state index in [-0.39, 0.29) is 0 Å². The minimum atomic E-state index is 0.663. The number of hydrogen-bond donors (Lipinski definition) is 1. The molecule has 0 spiro atoms. The second kappa shape index (κ2) is 7.53. The van der Waals surface area contributed by atoms with Crippen LogP contribution >= 0.6 is 0 Å². The molecule has 102 valence electrons. The lowest BCUT2D eigenvalue weighted by Gasteiger charge is -2.06. The number of benzene rings is 1. The lowest BCUT2D eigenvalue weighted by atomic mass is 10.2. The molecule has 1 heterocycles. The highest BCUT2D eigenvalue weighted by Gasteiger charge is 1.99. The van der Waals surface area contributed by atoms with Crippen LogP contribution in [0.2, 0.25) is 0 Å². The van der Waals surface area contributed by atoms with Gasteiger partial charge in [-0.2, -0.15) is 4.98 Å². The first-order chi connectivity index (χ1) is 9.38. The van der Waals surface area contributed by atoms with Gasteiger partial charge in [0.1, 0.15) is 5.75 Å². The van der Waals surface area contributed by atoms with Crippen LogP contribution in [0.25, 0.3) is 0 Å². The average molecular weight is 261 g/mol. The van der Waals surface area contributed by atoms with E-state index in [1.807, 2.05) is 12.1 Å². The van der Waals surface area contributed by atoms with Gasteiger partial charge in [-0.25, -0.2) is 0 Å². The molecule has 0 radical (unpaired) electrons. The summed E-state index contributed by atoms with van der Waals surface area (Å²) in [7, 11) is 0. The van der Waals surface area contributed by atoms with Crippen molar-refractivity contribution in [1.29, 1.82) is 0 Å². The number of nitrogens with zero attached hydrogens (tertiary/aromatic N) is 2. The van der Waals surface area contributed by atoms with E-state index < -0.39 is 0 Å². The fourth-order valence-electron chi connectivity index (χ4n) is 1.66. The first-order valence-corrected chi connectivity index (χ1v) is 6.56. The maximum atomic E-state index is 5.54. The molecule has 0 aliphatic carbocycles. The normalized spacial score (nSPS) is 10.6. The Balaban J connectivity index is 1.68. The molecule has 0 aliphatic heterocycles. The van der Waals surface area contributed by atoms with Gasteiger partial charge in [0.2, 0.25) is 5.89 Å². The summed E-state index contributed by atoms with van der Waals surface area (Å²) in [6, 6.07) is 8.16. The maximum Gasteiger partial charge on any atom is 0.227 e. The first kappa shape index (κ1) is 13.5. The van der Waals surface area contributed by atoms with Gasteiger partial charge in [-0.05, 0) is 24.1 Å². The molecule has 1 aromatic carbocycles. The molecule has 19 heavy (non-hydrogen) atoms. The summed E-state index contributed by atoms with van der Waals surface area (Å²) in [5.41, 5.74) is 1.23. The number of rotatable bonds is 8. The lowest BCUT2D eigenvalue weighted by Crippen LogP contribution is -2.16. The van der Waals surface area contributed by atoms with Gasteiger partial charge in [0, 0.05) is 19.5 Å². The van der Waals surface area contributed by atoms with Crippen molar-refractivity contribution in [3.05, 3.63) is 42.0 Å². The average Bonchev–Trinajstić information content (AvgIpc) is 2.96. The highest BCUT2D eigenvalue weighted by atomic mass is 16.5. The molecule has 0 saturated heterocycles. The minimum absolute atomic E-state index is 0.663. The van der Waals surface area contributed by atoms with Crippen molar-refractivity contribution < 1.29 is 9.26 Å². The van der Waals surface area contributed by atoms with Gasteiger partial charge in [-0.3, -0.25) is 0 Å². The molecular formula is C14H19N3O2. The van der Waals surface area contributed by atoms with Crippen LogP contribution in [-0.4, -0.2) is 23.3 Å². The van der Waals surface area contributed by atoms with E-state index in [1.165, 1.54) is 11.9 Å². The molecule has 5 nitrogen and oxygen atoms in total. The maximum absolute atomic E-state index is 5.54. The summed E-state index contributed by atoms with van der Waals surface area (Å²) in [6.07, 6.45) is 3.20. The van der Waals surface area contributed by atoms with Crippen LogP contribution < -0.4 is 10.1 Å². The van der Waals surface area contributed by atoms with Gasteiger partial charge in [-0.15, -0.1) is 0 Å². The highest BCUT2D eigenvalue weighted by molar-refractivity contribution is 5.27. The van der Waals surface area contributed by atoms with Crippen molar-refractivity contribution in [2.75, 3.05) is 13.2 Å². The van der Waals surface area contributed by atoms with Gasteiger partial charge in [-0.1, -0.05) is 24.2 Å². The van der Waals surface area contributed by atoms with Crippen molar-refractivity contribution in [2.45, 2.75) is 26.3 Å². The van der Waals surface area contributed by atoms with Crippen LogP contribution in [0, 0.1) is 0 Å². The number of aromatic nitrogens is 2. The predicted octanol–water partition coefficient (Wildman–Crippen LogP) is 2.19. The summed E-state index contributed by atoms with van der Waals surface area (Å²) in [5.74, 6) is 1.59. The first-order valence-electron chi connectivity index (χ1n) is 6.56. The van der Waals surface area contributed by atoms with Crippen molar-refractivity contribution in [1.82, 2.24) is 15.5 Å². The third kappa shape index (κ3) is 4.71. The Morgan fingerprint density at radius 1 is 1.26 bits per heavy atom. The van der Waals surface area contributed by atoms with E-state index >= 15 is 0 Å². The largest absolute Gasteiger partial charge is 0.494 e. The summed E-state index contributed by atoms with van der Waals surface area (Å²) < 4.78 is 10.5. The van der Waals surface area contributed by atoms with E-state index in [0.717, 1.165) is 38.3 Å². The molecule has 2 aromatic rings. The van der Waals surface area contributed by atoms with E-state index in [9.17, 15) is 0 Å². The monoisotopic (exact) mass is 261 g/mol. The minimum Gasteiger partial charge on any atom is -0.494 e. The Bertz CT molecular complexity index is 454. The Kier molecular flexibility index (Phi) is 5.37. The van der Waals surface area contributed by atoms with Crippen LogP contribution in [-0.2, 0) is 13.0 Å². The van der Waals surface area contributed by atoms with E-state index in [4.69, 9.17) is 9.26 Å². The number of hydrogen-bond acceptors (Lipinski definition) is 5. The van der Waals surface area contributed by atoms with Crippen molar-refractivity contribution >= 4 is 0 Å². The zero-order chi connectivity index (χ0) is 13.3. The SMILES string of the molecule is CCCOc1ccc(CNCCc2ncno2)cc1. The Morgan fingerprint density at radius 3 is 2.79 bits per heavy atom. The zero-order valence-corrected chi connectivity index (χ0v) is 11.1. The zero-order valence-electron chi connectivity index (χ0n) is 11.1. The van der Waals surface area contributed by atoms with Crippen LogP contribution in [0.4, 0.5) is 0 Å². The van der Waals surface area contributed by atoms with Crippen LogP contribution in [0.15, 0.2) is 35.1 Å². The van der Waals surface area contributed by atoms with E-state index in [2.05, 4.69) is 34.5 Å². The molecule has 0 bridgehead atoms. The number of ether oxygens (including phenoxy) is 1. The lowest BCUT2D eigenvalue weighted by molar-refractivity contribution is 0.317. The third-order valence-corrected chi connectivity index (χ3v) is 2.65. The van der Waals surface area contributed by atoms with Crippen molar-refractivity contribution in [2.24, 2.45) is 0 Å². The summed E-state index contributed by atoms with van der Waals surface area (Å²) in [4.78, 5) is 3.97. The standard InChI is InChI=1S/C14H19N3O2/c1-2-9-18-13-5-3-12(4-6-13)10-15-8-7-14-16-11-17-19-14/h3-6,11,15H,2,7-10H2,1H3. The van der Waals surface area contributed by atoms with Gasteiger partial charge in [0.25, 0.3) is 0 Å². The highest BCUT2D eigenvalue weighted by Crippen LogP contribution is 2.12. The second-order valence-corrected chi connectivity index (χ2v) is 4.25. The third-order valence-electron chi connectivity index (χ3n) is 2.65. The molecule has 0 fully saturated rings. The van der Waals surface area contributed by atoms with Crippen molar-refractivity contribution in [3.63, 3.8) is 0 Å². The second-order valence-electron chi connectivity index (χ2n) is 4.25. The molecule has 1 N–H and O–H groups in total. The summed E-state index contributed by atoms with van der Waals surface area (Å²) in [6.45, 7) is 4.50. The fourth-order valence-corrected chi connectivity index (χ4v) is 1.66. The molecule has 0 aliphatic rings. The van der Waals surface area contributed by atoms with E-state index in [1.54, 1.807) is 0 Å². The molecule has 0 amide bonds. The van der Waals surface area contributed by atoms with Gasteiger partial charge in [0.15, 0.2) is 6.33 Å². The van der Waals surface area contributed by atoms with Gasteiger partial charge in [0.05, 0.1) is 6.61 Å². The van der Waals surface area contributed by atoms with Gasteiger partial charge < -0.3 is 14.6 Å². The fraction of sp³-hybridized carbons (Fsp3) is 0.429. The van der Waals surface area contributed by atoms with Crippen LogP contribution in [0.5, 0.6) is 5.75 Å². The van der Waals surface area contributed by atoms with Gasteiger partial charge >= 0.3 is 0 Å². The van der Waals surface area contributed by atoms with Crippen LogP contribution in [0.3, 0.4) is 0 Å². The Morgan fingerprint density at radius 2 is 2.11 bits per heavy atom. The molecule has 0 atom stereocenters. The quantitative estimate of drug-likeness (QED) is 0.738. The summed E-state index contributed by atoms with van der Waals surface area (Å²) >= 11 is 0. The predicted molar refractivity (Wildman–Crippen MR) is 71.9 cm³/mol.